The highest BCUT2D eigenvalue weighted by Gasteiger charge is 2.23. The van der Waals surface area contributed by atoms with Gasteiger partial charge >= 0.3 is 5.97 Å². The lowest BCUT2D eigenvalue weighted by molar-refractivity contribution is 0.0692. The monoisotopic (exact) mass is 302 g/mol. The van der Waals surface area contributed by atoms with Crippen LogP contribution in [0.25, 0.3) is 0 Å². The third kappa shape index (κ3) is 2.50. The summed E-state index contributed by atoms with van der Waals surface area (Å²) in [5.41, 5.74) is -1.04. The number of halogens is 3. The molecule has 98 valence electrons. The van der Waals surface area contributed by atoms with Crippen LogP contribution in [0.2, 0.25) is 5.02 Å². The van der Waals surface area contributed by atoms with E-state index in [1.54, 1.807) is 0 Å². The number of hydrogen-bond acceptors (Lipinski definition) is 3. The molecule has 0 saturated heterocycles. The summed E-state index contributed by atoms with van der Waals surface area (Å²) >= 11 is 6.75. The van der Waals surface area contributed by atoms with E-state index in [9.17, 15) is 18.4 Å². The fraction of sp³-hybridized carbons (Fsp3) is 0. The van der Waals surface area contributed by atoms with Crippen LogP contribution in [-0.2, 0) is 0 Å². The molecule has 2 aromatic rings. The molecule has 0 aliphatic rings. The molecule has 0 atom stereocenters. The van der Waals surface area contributed by atoms with Gasteiger partial charge in [-0.1, -0.05) is 11.6 Å². The Balaban J connectivity index is 2.62. The average Bonchev–Trinajstić information content (AvgIpc) is 2.77. The number of carboxylic acid groups (broad SMARTS) is 1. The Morgan fingerprint density at radius 2 is 1.74 bits per heavy atom. The van der Waals surface area contributed by atoms with Gasteiger partial charge in [0.15, 0.2) is 11.6 Å². The molecule has 3 nitrogen and oxygen atoms in total. The molecular weight excluding hydrogens is 298 g/mol. The number of carbonyl (C=O) groups excluding carboxylic acids is 1. The maximum Gasteiger partial charge on any atom is 0.336 e. The van der Waals surface area contributed by atoms with Crippen molar-refractivity contribution in [2.24, 2.45) is 0 Å². The lowest BCUT2D eigenvalue weighted by Crippen LogP contribution is -2.11. The maximum absolute atomic E-state index is 13.2. The lowest BCUT2D eigenvalue weighted by atomic mass is 10.0. The molecule has 0 fully saturated rings. The second-order valence-electron chi connectivity index (χ2n) is 3.54. The first kappa shape index (κ1) is 13.6. The summed E-state index contributed by atoms with van der Waals surface area (Å²) in [5, 5.41) is 10.6. The van der Waals surface area contributed by atoms with Crippen LogP contribution in [-0.4, -0.2) is 16.9 Å². The first-order valence-electron chi connectivity index (χ1n) is 4.92. The zero-order chi connectivity index (χ0) is 14.2. The minimum atomic E-state index is -1.52. The van der Waals surface area contributed by atoms with Crippen LogP contribution >= 0.6 is 22.9 Å². The summed E-state index contributed by atoms with van der Waals surface area (Å²) in [4.78, 5) is 23.1. The molecule has 0 amide bonds. The van der Waals surface area contributed by atoms with Crippen LogP contribution < -0.4 is 0 Å². The summed E-state index contributed by atoms with van der Waals surface area (Å²) in [6.45, 7) is 0. The van der Waals surface area contributed by atoms with E-state index < -0.39 is 34.5 Å². The van der Waals surface area contributed by atoms with Crippen LogP contribution in [0.3, 0.4) is 0 Å². The highest BCUT2D eigenvalue weighted by atomic mass is 35.5. The Hall–Kier alpha value is -1.79. The van der Waals surface area contributed by atoms with Crippen LogP contribution in [0.15, 0.2) is 23.6 Å². The summed E-state index contributed by atoms with van der Waals surface area (Å²) in [6, 6.07) is 2.50. The summed E-state index contributed by atoms with van der Waals surface area (Å²) in [7, 11) is 0. The predicted octanol–water partition coefficient (Wildman–Crippen LogP) is 3.61. The third-order valence-corrected chi connectivity index (χ3v) is 3.70. The Morgan fingerprint density at radius 1 is 1.16 bits per heavy atom. The van der Waals surface area contributed by atoms with Gasteiger partial charge in [-0.3, -0.25) is 4.79 Å². The fourth-order valence-corrected chi connectivity index (χ4v) is 2.58. The number of aromatic carboxylic acids is 1. The van der Waals surface area contributed by atoms with Gasteiger partial charge < -0.3 is 5.11 Å². The normalized spacial score (nSPS) is 10.5. The van der Waals surface area contributed by atoms with Crippen molar-refractivity contribution in [2.45, 2.75) is 0 Å². The Labute approximate surface area is 115 Å². The molecule has 0 saturated carbocycles. The SMILES string of the molecule is O=C(O)c1cc(F)c(F)cc1C(=O)c1sccc1Cl. The topological polar surface area (TPSA) is 54.4 Å². The Morgan fingerprint density at radius 3 is 2.21 bits per heavy atom. The van der Waals surface area contributed by atoms with Crippen molar-refractivity contribution >= 4 is 34.7 Å². The number of carboxylic acids is 1. The van der Waals surface area contributed by atoms with Crippen LogP contribution in [0.5, 0.6) is 0 Å². The molecule has 19 heavy (non-hydrogen) atoms. The summed E-state index contributed by atoms with van der Waals surface area (Å²) in [5.74, 6) is -4.89. The molecule has 0 aliphatic carbocycles. The third-order valence-electron chi connectivity index (χ3n) is 2.36. The largest absolute Gasteiger partial charge is 0.478 e. The smallest absolute Gasteiger partial charge is 0.336 e. The number of hydrogen-bond donors (Lipinski definition) is 1. The van der Waals surface area contributed by atoms with Crippen LogP contribution in [0.4, 0.5) is 8.78 Å². The summed E-state index contributed by atoms with van der Waals surface area (Å²) in [6.07, 6.45) is 0. The van der Waals surface area contributed by atoms with Gasteiger partial charge in [0.05, 0.1) is 15.5 Å². The van der Waals surface area contributed by atoms with Gasteiger partial charge in [-0.15, -0.1) is 11.3 Å². The molecule has 2 rings (SSSR count). The van der Waals surface area contributed by atoms with Gasteiger partial charge in [0.1, 0.15) is 0 Å². The van der Waals surface area contributed by atoms with E-state index in [1.807, 2.05) is 0 Å². The van der Waals surface area contributed by atoms with Crippen molar-refractivity contribution in [1.29, 1.82) is 0 Å². The molecule has 0 bridgehead atoms. The molecule has 7 heteroatoms. The van der Waals surface area contributed by atoms with E-state index in [2.05, 4.69) is 0 Å². The van der Waals surface area contributed by atoms with Gasteiger partial charge in [-0.25, -0.2) is 13.6 Å². The number of thiophene rings is 1. The zero-order valence-corrected chi connectivity index (χ0v) is 10.7. The van der Waals surface area contributed by atoms with E-state index in [1.165, 1.54) is 11.4 Å². The van der Waals surface area contributed by atoms with E-state index >= 15 is 0 Å². The first-order chi connectivity index (χ1) is 8.91. The number of ketones is 1. The van der Waals surface area contributed by atoms with Crippen molar-refractivity contribution in [3.63, 3.8) is 0 Å². The van der Waals surface area contributed by atoms with Gasteiger partial charge in [0, 0.05) is 5.56 Å². The van der Waals surface area contributed by atoms with E-state index in [-0.39, 0.29) is 9.90 Å². The number of carbonyl (C=O) groups is 2. The highest BCUT2D eigenvalue weighted by Crippen LogP contribution is 2.27. The molecule has 0 aliphatic heterocycles. The van der Waals surface area contributed by atoms with Crippen molar-refractivity contribution in [2.75, 3.05) is 0 Å². The predicted molar refractivity (Wildman–Crippen MR) is 66.1 cm³/mol. The second-order valence-corrected chi connectivity index (χ2v) is 4.87. The van der Waals surface area contributed by atoms with E-state index in [4.69, 9.17) is 16.7 Å². The average molecular weight is 303 g/mol. The van der Waals surface area contributed by atoms with E-state index in [0.717, 1.165) is 11.3 Å². The number of rotatable bonds is 3. The molecular formula is C12H5ClF2O3S. The number of benzene rings is 1. The minimum absolute atomic E-state index is 0.0789. The van der Waals surface area contributed by atoms with Crippen LogP contribution in [0, 0.1) is 11.6 Å². The molecule has 1 heterocycles. The highest BCUT2D eigenvalue weighted by molar-refractivity contribution is 7.13. The molecule has 1 N–H and O–H groups in total. The molecule has 0 radical (unpaired) electrons. The second kappa shape index (κ2) is 5.07. The first-order valence-corrected chi connectivity index (χ1v) is 6.17. The molecule has 0 unspecified atom stereocenters. The van der Waals surface area contributed by atoms with Crippen molar-refractivity contribution in [3.05, 3.63) is 56.2 Å². The summed E-state index contributed by atoms with van der Waals surface area (Å²) < 4.78 is 26.2. The van der Waals surface area contributed by atoms with Crippen molar-refractivity contribution < 1.29 is 23.5 Å². The zero-order valence-electron chi connectivity index (χ0n) is 9.12. The maximum atomic E-state index is 13.2. The molecule has 1 aromatic carbocycles. The Kier molecular flexibility index (Phi) is 3.64. The Bertz CT molecular complexity index is 682. The van der Waals surface area contributed by atoms with Gasteiger partial charge in [-0.2, -0.15) is 0 Å². The van der Waals surface area contributed by atoms with E-state index in [0.29, 0.717) is 12.1 Å². The lowest BCUT2D eigenvalue weighted by Gasteiger charge is -2.05. The van der Waals surface area contributed by atoms with Gasteiger partial charge in [0.25, 0.3) is 0 Å². The molecule has 1 aromatic heterocycles. The van der Waals surface area contributed by atoms with Gasteiger partial charge in [0.2, 0.25) is 5.78 Å². The van der Waals surface area contributed by atoms with Gasteiger partial charge in [-0.05, 0) is 23.6 Å². The fourth-order valence-electron chi connectivity index (χ4n) is 1.49. The van der Waals surface area contributed by atoms with Crippen molar-refractivity contribution in [3.8, 4) is 0 Å². The van der Waals surface area contributed by atoms with Crippen molar-refractivity contribution in [1.82, 2.24) is 0 Å². The van der Waals surface area contributed by atoms with Crippen LogP contribution in [0.1, 0.15) is 25.6 Å². The standard InChI is InChI=1S/C12H5ClF2O3S/c13-7-1-2-19-11(7)10(16)5-3-8(14)9(15)4-6(5)12(17)18/h1-4H,(H,17,18). The quantitative estimate of drug-likeness (QED) is 0.881. The molecule has 0 spiro atoms. The minimum Gasteiger partial charge on any atom is -0.478 e.